The molecule has 1 atom stereocenters. The summed E-state index contributed by atoms with van der Waals surface area (Å²) in [7, 11) is 0. The van der Waals surface area contributed by atoms with Gasteiger partial charge in [0.15, 0.2) is 0 Å². The maximum absolute atomic E-state index is 12.4. The van der Waals surface area contributed by atoms with E-state index in [2.05, 4.69) is 5.32 Å². The Labute approximate surface area is 88.2 Å². The SMILES string of the molecule is CCOC(=O)C1(CC(F)F)CCCNC1. The molecule has 1 rings (SSSR count). The number of piperidine rings is 1. The number of carbonyl (C=O) groups excluding carboxylic acids is 1. The second kappa shape index (κ2) is 5.39. The predicted molar refractivity (Wildman–Crippen MR) is 51.8 cm³/mol. The predicted octanol–water partition coefficient (Wildman–Crippen LogP) is 1.57. The Kier molecular flexibility index (Phi) is 4.45. The van der Waals surface area contributed by atoms with E-state index in [1.807, 2.05) is 0 Å². The van der Waals surface area contributed by atoms with Crippen LogP contribution < -0.4 is 5.32 Å². The molecule has 1 saturated heterocycles. The molecule has 15 heavy (non-hydrogen) atoms. The quantitative estimate of drug-likeness (QED) is 0.732. The molecule has 1 heterocycles. The maximum atomic E-state index is 12.4. The van der Waals surface area contributed by atoms with Crippen molar-refractivity contribution in [1.29, 1.82) is 0 Å². The fraction of sp³-hybridized carbons (Fsp3) is 0.900. The first-order valence-electron chi connectivity index (χ1n) is 5.27. The van der Waals surface area contributed by atoms with Crippen LogP contribution in [0, 0.1) is 5.41 Å². The molecule has 1 aliphatic heterocycles. The summed E-state index contributed by atoms with van der Waals surface area (Å²) in [5.41, 5.74) is -1.01. The van der Waals surface area contributed by atoms with Crippen LogP contribution in [-0.2, 0) is 9.53 Å². The number of ether oxygens (including phenoxy) is 1. The lowest BCUT2D eigenvalue weighted by molar-refractivity contribution is -0.159. The van der Waals surface area contributed by atoms with Gasteiger partial charge in [0.05, 0.1) is 12.0 Å². The Bertz CT molecular complexity index is 215. The molecular weight excluding hydrogens is 204 g/mol. The van der Waals surface area contributed by atoms with E-state index in [9.17, 15) is 13.6 Å². The van der Waals surface area contributed by atoms with Crippen molar-refractivity contribution < 1.29 is 18.3 Å². The summed E-state index contributed by atoms with van der Waals surface area (Å²) < 4.78 is 29.7. The first kappa shape index (κ1) is 12.4. The van der Waals surface area contributed by atoms with Crippen LogP contribution in [0.2, 0.25) is 0 Å². The summed E-state index contributed by atoms with van der Waals surface area (Å²) >= 11 is 0. The van der Waals surface area contributed by atoms with Crippen molar-refractivity contribution in [1.82, 2.24) is 5.32 Å². The van der Waals surface area contributed by atoms with E-state index >= 15 is 0 Å². The zero-order valence-electron chi connectivity index (χ0n) is 8.89. The average Bonchev–Trinajstić information content (AvgIpc) is 2.18. The summed E-state index contributed by atoms with van der Waals surface area (Å²) in [6.07, 6.45) is -1.64. The third-order valence-electron chi connectivity index (χ3n) is 2.73. The number of esters is 1. The number of carbonyl (C=O) groups is 1. The highest BCUT2D eigenvalue weighted by Gasteiger charge is 2.43. The lowest BCUT2D eigenvalue weighted by Crippen LogP contribution is -2.47. The zero-order valence-corrected chi connectivity index (χ0v) is 8.89. The smallest absolute Gasteiger partial charge is 0.313 e. The van der Waals surface area contributed by atoms with Crippen LogP contribution in [0.1, 0.15) is 26.2 Å². The number of halogens is 2. The molecule has 0 saturated carbocycles. The van der Waals surface area contributed by atoms with Crippen molar-refractivity contribution in [2.45, 2.75) is 32.6 Å². The molecule has 1 fully saturated rings. The van der Waals surface area contributed by atoms with E-state index in [4.69, 9.17) is 4.74 Å². The zero-order chi connectivity index (χ0) is 11.3. The minimum Gasteiger partial charge on any atom is -0.466 e. The van der Waals surface area contributed by atoms with Gasteiger partial charge in [0.1, 0.15) is 0 Å². The van der Waals surface area contributed by atoms with Crippen molar-refractivity contribution in [2.75, 3.05) is 19.7 Å². The molecule has 1 N–H and O–H groups in total. The van der Waals surface area contributed by atoms with Gasteiger partial charge in [0.25, 0.3) is 0 Å². The van der Waals surface area contributed by atoms with Crippen LogP contribution in [0.3, 0.4) is 0 Å². The van der Waals surface area contributed by atoms with Gasteiger partial charge in [0.2, 0.25) is 6.43 Å². The molecular formula is C10H17F2NO2. The second-order valence-corrected chi connectivity index (χ2v) is 3.88. The van der Waals surface area contributed by atoms with Gasteiger partial charge in [-0.25, -0.2) is 8.78 Å². The average molecular weight is 221 g/mol. The van der Waals surface area contributed by atoms with E-state index in [1.165, 1.54) is 0 Å². The van der Waals surface area contributed by atoms with Crippen molar-refractivity contribution in [3.05, 3.63) is 0 Å². The third-order valence-corrected chi connectivity index (χ3v) is 2.73. The molecule has 1 aliphatic rings. The summed E-state index contributed by atoms with van der Waals surface area (Å²) in [4.78, 5) is 11.7. The van der Waals surface area contributed by atoms with Crippen molar-refractivity contribution in [3.63, 3.8) is 0 Å². The molecule has 0 aromatic heterocycles. The van der Waals surface area contributed by atoms with E-state index in [0.717, 1.165) is 13.0 Å². The lowest BCUT2D eigenvalue weighted by atomic mass is 9.78. The molecule has 0 radical (unpaired) electrons. The molecule has 88 valence electrons. The summed E-state index contributed by atoms with van der Waals surface area (Å²) in [6, 6.07) is 0. The van der Waals surface area contributed by atoms with Crippen LogP contribution in [0.15, 0.2) is 0 Å². The Morgan fingerprint density at radius 3 is 2.80 bits per heavy atom. The highest BCUT2D eigenvalue weighted by Crippen LogP contribution is 2.34. The minimum absolute atomic E-state index is 0.240. The summed E-state index contributed by atoms with van der Waals surface area (Å²) in [5.74, 6) is -0.488. The number of nitrogens with one attached hydrogen (secondary N) is 1. The Balaban J connectivity index is 2.69. The fourth-order valence-electron chi connectivity index (χ4n) is 1.98. The van der Waals surface area contributed by atoms with E-state index in [1.54, 1.807) is 6.92 Å². The normalized spacial score (nSPS) is 26.7. The number of hydrogen-bond donors (Lipinski definition) is 1. The van der Waals surface area contributed by atoms with Crippen molar-refractivity contribution in [3.8, 4) is 0 Å². The molecule has 3 nitrogen and oxygen atoms in total. The van der Waals surface area contributed by atoms with E-state index in [0.29, 0.717) is 13.0 Å². The van der Waals surface area contributed by atoms with Crippen molar-refractivity contribution >= 4 is 5.97 Å². The Morgan fingerprint density at radius 2 is 2.33 bits per heavy atom. The Morgan fingerprint density at radius 1 is 1.60 bits per heavy atom. The van der Waals surface area contributed by atoms with Gasteiger partial charge in [-0.3, -0.25) is 4.79 Å². The standard InChI is InChI=1S/C10H17F2NO2/c1-2-15-9(14)10(6-8(11)12)4-3-5-13-7-10/h8,13H,2-7H2,1H3. The molecule has 0 aliphatic carbocycles. The van der Waals surface area contributed by atoms with E-state index in [-0.39, 0.29) is 6.61 Å². The fourth-order valence-corrected chi connectivity index (χ4v) is 1.98. The molecule has 5 heteroatoms. The van der Waals surface area contributed by atoms with Gasteiger partial charge >= 0.3 is 5.97 Å². The molecule has 0 bridgehead atoms. The third kappa shape index (κ3) is 3.12. The number of alkyl halides is 2. The number of hydrogen-bond acceptors (Lipinski definition) is 3. The molecule has 0 spiro atoms. The van der Waals surface area contributed by atoms with Gasteiger partial charge in [-0.1, -0.05) is 0 Å². The topological polar surface area (TPSA) is 38.3 Å². The monoisotopic (exact) mass is 221 g/mol. The van der Waals surface area contributed by atoms with Gasteiger partial charge in [-0.05, 0) is 26.3 Å². The molecule has 0 aromatic rings. The van der Waals surface area contributed by atoms with Crippen molar-refractivity contribution in [2.24, 2.45) is 5.41 Å². The van der Waals surface area contributed by atoms with Gasteiger partial charge in [0, 0.05) is 13.0 Å². The van der Waals surface area contributed by atoms with Gasteiger partial charge < -0.3 is 10.1 Å². The lowest BCUT2D eigenvalue weighted by Gasteiger charge is -2.34. The highest BCUT2D eigenvalue weighted by molar-refractivity contribution is 5.77. The first-order chi connectivity index (χ1) is 7.10. The summed E-state index contributed by atoms with van der Waals surface area (Å²) in [5, 5.41) is 2.99. The number of rotatable bonds is 4. The first-order valence-corrected chi connectivity index (χ1v) is 5.27. The largest absolute Gasteiger partial charge is 0.466 e. The van der Waals surface area contributed by atoms with Gasteiger partial charge in [-0.2, -0.15) is 0 Å². The summed E-state index contributed by atoms with van der Waals surface area (Å²) in [6.45, 7) is 3.01. The van der Waals surface area contributed by atoms with Crippen LogP contribution in [0.5, 0.6) is 0 Å². The minimum atomic E-state index is -2.46. The molecule has 1 unspecified atom stereocenters. The maximum Gasteiger partial charge on any atom is 0.313 e. The highest BCUT2D eigenvalue weighted by atomic mass is 19.3. The van der Waals surface area contributed by atoms with Crippen LogP contribution >= 0.6 is 0 Å². The van der Waals surface area contributed by atoms with Crippen LogP contribution in [0.25, 0.3) is 0 Å². The molecule has 0 amide bonds. The van der Waals surface area contributed by atoms with Crippen LogP contribution in [-0.4, -0.2) is 32.1 Å². The van der Waals surface area contributed by atoms with Gasteiger partial charge in [-0.15, -0.1) is 0 Å². The van der Waals surface area contributed by atoms with E-state index < -0.39 is 24.2 Å². The Hall–Kier alpha value is -0.710. The molecule has 0 aromatic carbocycles. The van der Waals surface area contributed by atoms with Crippen LogP contribution in [0.4, 0.5) is 8.78 Å². The second-order valence-electron chi connectivity index (χ2n) is 3.88.